The van der Waals surface area contributed by atoms with Crippen molar-refractivity contribution in [2.24, 2.45) is 15.9 Å². The maximum atomic E-state index is 5.95. The molecule has 0 fully saturated rings. The molecule has 3 rings (SSSR count). The van der Waals surface area contributed by atoms with Crippen molar-refractivity contribution in [1.29, 1.82) is 0 Å². The molecule has 0 heterocycles. The van der Waals surface area contributed by atoms with Gasteiger partial charge in [-0.3, -0.25) is 0 Å². The number of rotatable bonds is 5. The Bertz CT molecular complexity index is 917. The lowest BCUT2D eigenvalue weighted by Crippen LogP contribution is -2.06. The van der Waals surface area contributed by atoms with Gasteiger partial charge < -0.3 is 5.73 Å². The zero-order valence-electron chi connectivity index (χ0n) is 14.7. The van der Waals surface area contributed by atoms with E-state index in [9.17, 15) is 0 Å². The first-order valence-electron chi connectivity index (χ1n) is 8.41. The topological polar surface area (TPSA) is 50.7 Å². The third-order valence-corrected chi connectivity index (χ3v) is 4.73. The van der Waals surface area contributed by atoms with Crippen molar-refractivity contribution in [3.05, 3.63) is 95.6 Å². The van der Waals surface area contributed by atoms with Crippen LogP contribution in [0.2, 0.25) is 0 Å². The second-order valence-corrected chi connectivity index (χ2v) is 6.91. The highest BCUT2D eigenvalue weighted by Gasteiger charge is 2.03. The zero-order chi connectivity index (χ0) is 18.2. The van der Waals surface area contributed by atoms with Gasteiger partial charge in [-0.25, -0.2) is 0 Å². The second-order valence-electron chi connectivity index (χ2n) is 5.91. The van der Waals surface area contributed by atoms with Gasteiger partial charge in [0.2, 0.25) is 0 Å². The molecule has 4 heteroatoms. The van der Waals surface area contributed by atoms with Crippen LogP contribution in [0.4, 0.5) is 0 Å². The first kappa shape index (κ1) is 18.0. The number of aryl methyl sites for hydroxylation is 1. The maximum Gasteiger partial charge on any atom is 0.180 e. The highest BCUT2D eigenvalue weighted by atomic mass is 32.2. The van der Waals surface area contributed by atoms with Gasteiger partial charge >= 0.3 is 0 Å². The van der Waals surface area contributed by atoms with Gasteiger partial charge in [-0.05, 0) is 23.6 Å². The molecule has 0 aliphatic carbocycles. The molecular formula is C22H21N3S. The summed E-state index contributed by atoms with van der Waals surface area (Å²) in [6, 6.07) is 26.8. The van der Waals surface area contributed by atoms with Crippen LogP contribution >= 0.6 is 11.8 Å². The summed E-state index contributed by atoms with van der Waals surface area (Å²) in [6.45, 7) is 2.09. The normalized spacial score (nSPS) is 11.8. The Balaban J connectivity index is 1.70. The summed E-state index contributed by atoms with van der Waals surface area (Å²) in [5.41, 5.74) is 11.7. The van der Waals surface area contributed by atoms with Gasteiger partial charge in [0.25, 0.3) is 0 Å². The van der Waals surface area contributed by atoms with Crippen molar-refractivity contribution in [1.82, 2.24) is 0 Å². The quantitative estimate of drug-likeness (QED) is 0.384. The lowest BCUT2D eigenvalue weighted by molar-refractivity contribution is 1.25. The molecule has 2 N–H and O–H groups in total. The molecule has 0 aromatic heterocycles. The highest BCUT2D eigenvalue weighted by Crippen LogP contribution is 2.23. The fourth-order valence-corrected chi connectivity index (χ4v) is 3.21. The van der Waals surface area contributed by atoms with Crippen molar-refractivity contribution < 1.29 is 0 Å². The van der Waals surface area contributed by atoms with Gasteiger partial charge in [0.15, 0.2) is 5.17 Å². The summed E-state index contributed by atoms with van der Waals surface area (Å²) in [7, 11) is 0. The summed E-state index contributed by atoms with van der Waals surface area (Å²) in [5.74, 6) is 0.783. The van der Waals surface area contributed by atoms with E-state index in [1.807, 2.05) is 36.4 Å². The predicted molar refractivity (Wildman–Crippen MR) is 114 cm³/mol. The Kier molecular flexibility index (Phi) is 6.23. The number of nitrogens with zero attached hydrogens (tertiary/aromatic N) is 2. The van der Waals surface area contributed by atoms with Crippen molar-refractivity contribution >= 4 is 23.1 Å². The summed E-state index contributed by atoms with van der Waals surface area (Å²) in [6.07, 6.45) is 1.76. The van der Waals surface area contributed by atoms with Crippen LogP contribution in [-0.4, -0.2) is 11.4 Å². The molecule has 0 atom stereocenters. The first-order chi connectivity index (χ1) is 12.7. The number of nitrogens with two attached hydrogens (primary N) is 1. The summed E-state index contributed by atoms with van der Waals surface area (Å²) >= 11 is 1.48. The van der Waals surface area contributed by atoms with Crippen molar-refractivity contribution in [2.75, 3.05) is 0 Å². The van der Waals surface area contributed by atoms with Crippen LogP contribution in [0.15, 0.2) is 89.1 Å². The Morgan fingerprint density at radius 3 is 2.54 bits per heavy atom. The molecule has 0 saturated carbocycles. The van der Waals surface area contributed by atoms with Gasteiger partial charge in [0.05, 0.1) is 6.21 Å². The number of benzene rings is 3. The van der Waals surface area contributed by atoms with E-state index in [-0.39, 0.29) is 0 Å². The van der Waals surface area contributed by atoms with E-state index in [4.69, 9.17) is 5.73 Å². The average Bonchev–Trinajstić information content (AvgIpc) is 2.67. The molecule has 0 unspecified atom stereocenters. The molecule has 3 nitrogen and oxygen atoms in total. The Morgan fingerprint density at radius 1 is 0.962 bits per heavy atom. The number of hydrogen-bond donors (Lipinski definition) is 1. The van der Waals surface area contributed by atoms with Crippen LogP contribution in [0.25, 0.3) is 11.1 Å². The van der Waals surface area contributed by atoms with Gasteiger partial charge in [-0.15, -0.1) is 5.10 Å². The monoisotopic (exact) mass is 359 g/mol. The van der Waals surface area contributed by atoms with Crippen LogP contribution in [0, 0.1) is 6.92 Å². The van der Waals surface area contributed by atoms with Crippen LogP contribution in [0.5, 0.6) is 0 Å². The molecule has 0 radical (unpaired) electrons. The second kappa shape index (κ2) is 9.02. The molecule has 3 aromatic carbocycles. The standard InChI is InChI=1S/C22H21N3S/c1-17-8-7-12-19(14-17)21-13-6-5-11-20(21)15-24-25-22(23)26-16-18-9-3-2-4-10-18/h2-15H,16H2,1H3,(H2,23,25). The molecule has 3 aromatic rings. The van der Waals surface area contributed by atoms with Gasteiger partial charge in [-0.2, -0.15) is 5.10 Å². The van der Waals surface area contributed by atoms with Crippen molar-refractivity contribution in [2.45, 2.75) is 12.7 Å². The maximum absolute atomic E-state index is 5.95. The van der Waals surface area contributed by atoms with E-state index in [0.717, 1.165) is 16.9 Å². The molecular weight excluding hydrogens is 338 g/mol. The number of amidine groups is 1. The molecule has 26 heavy (non-hydrogen) atoms. The lowest BCUT2D eigenvalue weighted by Gasteiger charge is -2.06. The lowest BCUT2D eigenvalue weighted by atomic mass is 9.99. The third kappa shape index (κ3) is 5.07. The van der Waals surface area contributed by atoms with Gasteiger partial charge in [0.1, 0.15) is 0 Å². The smallest absolute Gasteiger partial charge is 0.180 e. The largest absolute Gasteiger partial charge is 0.377 e. The summed E-state index contributed by atoms with van der Waals surface area (Å²) < 4.78 is 0. The number of hydrogen-bond acceptors (Lipinski definition) is 3. The average molecular weight is 359 g/mol. The summed E-state index contributed by atoms with van der Waals surface area (Å²) in [5, 5.41) is 8.75. The fraction of sp³-hybridized carbons (Fsp3) is 0.0909. The molecule has 130 valence electrons. The first-order valence-corrected chi connectivity index (χ1v) is 9.40. The minimum atomic E-state index is 0.457. The van der Waals surface area contributed by atoms with E-state index >= 15 is 0 Å². The van der Waals surface area contributed by atoms with E-state index < -0.39 is 0 Å². The van der Waals surface area contributed by atoms with Crippen LogP contribution in [-0.2, 0) is 5.75 Å². The molecule has 0 bridgehead atoms. The predicted octanol–water partition coefficient (Wildman–Crippen LogP) is 5.24. The Hall–Kier alpha value is -2.85. The number of thioether (sulfide) groups is 1. The molecule has 0 aliphatic heterocycles. The van der Waals surface area contributed by atoms with E-state index in [1.54, 1.807) is 6.21 Å². The van der Waals surface area contributed by atoms with E-state index in [2.05, 4.69) is 59.6 Å². The Labute approximate surface area is 158 Å². The van der Waals surface area contributed by atoms with Crippen LogP contribution < -0.4 is 5.73 Å². The minimum absolute atomic E-state index is 0.457. The minimum Gasteiger partial charge on any atom is -0.377 e. The third-order valence-electron chi connectivity index (χ3n) is 3.87. The van der Waals surface area contributed by atoms with Crippen molar-refractivity contribution in [3.63, 3.8) is 0 Å². The molecule has 0 amide bonds. The van der Waals surface area contributed by atoms with E-state index in [0.29, 0.717) is 5.17 Å². The SMILES string of the molecule is Cc1cccc(-c2ccccc2C=NN=C(N)SCc2ccccc2)c1. The van der Waals surface area contributed by atoms with Crippen LogP contribution in [0.3, 0.4) is 0 Å². The Morgan fingerprint density at radius 2 is 1.73 bits per heavy atom. The van der Waals surface area contributed by atoms with E-state index in [1.165, 1.54) is 28.5 Å². The van der Waals surface area contributed by atoms with Crippen molar-refractivity contribution in [3.8, 4) is 11.1 Å². The van der Waals surface area contributed by atoms with Gasteiger partial charge in [0, 0.05) is 11.3 Å². The molecule has 0 aliphatic rings. The highest BCUT2D eigenvalue weighted by molar-refractivity contribution is 8.13. The molecule has 0 saturated heterocycles. The fourth-order valence-electron chi connectivity index (χ4n) is 2.59. The summed E-state index contributed by atoms with van der Waals surface area (Å²) in [4.78, 5) is 0. The van der Waals surface area contributed by atoms with Gasteiger partial charge in [-0.1, -0.05) is 96.2 Å². The molecule has 0 spiro atoms. The van der Waals surface area contributed by atoms with Crippen LogP contribution in [0.1, 0.15) is 16.7 Å². The zero-order valence-corrected chi connectivity index (χ0v) is 15.5.